The Bertz CT molecular complexity index is 1390. The summed E-state index contributed by atoms with van der Waals surface area (Å²) in [4.78, 5) is 9.58. The Kier molecular flexibility index (Phi) is 6.40. The van der Waals surface area contributed by atoms with Gasteiger partial charge in [-0.05, 0) is 52.2 Å². The van der Waals surface area contributed by atoms with Crippen LogP contribution in [0.15, 0.2) is 78.9 Å². The third-order valence-corrected chi connectivity index (χ3v) is 7.77. The van der Waals surface area contributed by atoms with E-state index >= 15 is 0 Å². The number of benzene rings is 3. The molecular formula is C27H26FN7S. The molecule has 0 N–H and O–H groups in total. The molecule has 1 unspecified atom stereocenters. The number of anilines is 1. The van der Waals surface area contributed by atoms with E-state index < -0.39 is 0 Å². The molecule has 0 saturated carbocycles. The lowest BCUT2D eigenvalue weighted by Crippen LogP contribution is -2.48. The molecule has 2 aromatic heterocycles. The highest BCUT2D eigenvalue weighted by Gasteiger charge is 2.31. The molecule has 3 aromatic carbocycles. The first-order valence-corrected chi connectivity index (χ1v) is 13.0. The minimum absolute atomic E-state index is 0.158. The first-order chi connectivity index (χ1) is 17.7. The van der Waals surface area contributed by atoms with E-state index in [4.69, 9.17) is 4.98 Å². The van der Waals surface area contributed by atoms with Crippen LogP contribution >= 0.6 is 11.3 Å². The average molecular weight is 500 g/mol. The Labute approximate surface area is 212 Å². The number of aromatic nitrogens is 5. The molecule has 9 heteroatoms. The minimum Gasteiger partial charge on any atom is -0.345 e. The fourth-order valence-corrected chi connectivity index (χ4v) is 5.80. The van der Waals surface area contributed by atoms with Crippen LogP contribution in [0.4, 0.5) is 9.52 Å². The molecule has 1 aliphatic rings. The fourth-order valence-electron chi connectivity index (χ4n) is 4.78. The zero-order valence-electron chi connectivity index (χ0n) is 19.7. The number of hydrogen-bond donors (Lipinski definition) is 0. The van der Waals surface area contributed by atoms with Gasteiger partial charge < -0.3 is 4.90 Å². The topological polar surface area (TPSA) is 63.0 Å². The highest BCUT2D eigenvalue weighted by molar-refractivity contribution is 7.22. The number of nitrogens with zero attached hydrogens (tertiary/aromatic N) is 7. The third kappa shape index (κ3) is 4.72. The Morgan fingerprint density at radius 3 is 2.39 bits per heavy atom. The monoisotopic (exact) mass is 499 g/mol. The van der Waals surface area contributed by atoms with E-state index in [1.807, 2.05) is 41.1 Å². The van der Waals surface area contributed by atoms with Crippen LogP contribution in [0.5, 0.6) is 0 Å². The summed E-state index contributed by atoms with van der Waals surface area (Å²) in [7, 11) is 0. The van der Waals surface area contributed by atoms with Crippen LogP contribution in [0.1, 0.15) is 23.0 Å². The third-order valence-electron chi connectivity index (χ3n) is 6.68. The minimum atomic E-state index is -0.248. The van der Waals surface area contributed by atoms with Gasteiger partial charge in [0.05, 0.1) is 16.3 Å². The summed E-state index contributed by atoms with van der Waals surface area (Å²) in [6.07, 6.45) is 0.834. The largest absolute Gasteiger partial charge is 0.345 e. The smallest absolute Gasteiger partial charge is 0.186 e. The normalized spacial score (nSPS) is 15.4. The number of tetrazole rings is 1. The maximum absolute atomic E-state index is 13.8. The molecule has 5 aromatic rings. The number of piperazine rings is 1. The van der Waals surface area contributed by atoms with Gasteiger partial charge in [-0.2, -0.15) is 0 Å². The maximum Gasteiger partial charge on any atom is 0.186 e. The molecule has 6 rings (SSSR count). The molecule has 1 fully saturated rings. The summed E-state index contributed by atoms with van der Waals surface area (Å²) >= 11 is 1.73. The zero-order valence-corrected chi connectivity index (χ0v) is 20.6. The molecule has 7 nitrogen and oxygen atoms in total. The van der Waals surface area contributed by atoms with Crippen LogP contribution in [0, 0.1) is 5.82 Å². The number of para-hydroxylation sites is 1. The van der Waals surface area contributed by atoms with Gasteiger partial charge in [0.1, 0.15) is 5.82 Å². The summed E-state index contributed by atoms with van der Waals surface area (Å²) in [6, 6.07) is 25.1. The molecule has 36 heavy (non-hydrogen) atoms. The van der Waals surface area contributed by atoms with E-state index in [1.165, 1.54) is 22.4 Å². The van der Waals surface area contributed by atoms with Crippen LogP contribution in [0.25, 0.3) is 10.2 Å². The van der Waals surface area contributed by atoms with Gasteiger partial charge in [0.25, 0.3) is 0 Å². The van der Waals surface area contributed by atoms with Crippen molar-refractivity contribution in [2.75, 3.05) is 31.1 Å². The highest BCUT2D eigenvalue weighted by Crippen LogP contribution is 2.32. The molecule has 1 atom stereocenters. The van der Waals surface area contributed by atoms with E-state index in [-0.39, 0.29) is 11.9 Å². The van der Waals surface area contributed by atoms with Crippen LogP contribution in [0.2, 0.25) is 0 Å². The van der Waals surface area contributed by atoms with Gasteiger partial charge in [0, 0.05) is 32.7 Å². The lowest BCUT2D eigenvalue weighted by Gasteiger charge is -2.38. The summed E-state index contributed by atoms with van der Waals surface area (Å²) < 4.78 is 16.9. The summed E-state index contributed by atoms with van der Waals surface area (Å²) in [5.74, 6) is 0.535. The van der Waals surface area contributed by atoms with Crippen molar-refractivity contribution in [3.8, 4) is 0 Å². The molecule has 1 saturated heterocycles. The van der Waals surface area contributed by atoms with E-state index in [0.717, 1.165) is 54.6 Å². The lowest BCUT2D eigenvalue weighted by atomic mass is 10.0. The predicted octanol–water partition coefficient (Wildman–Crippen LogP) is 4.58. The van der Waals surface area contributed by atoms with Crippen molar-refractivity contribution in [3.05, 3.63) is 102 Å². The van der Waals surface area contributed by atoms with Gasteiger partial charge in [0.2, 0.25) is 0 Å². The molecule has 0 aliphatic carbocycles. The standard InChI is InChI=1S/C27H26FN7S/c28-22-12-10-21(11-13-22)25(26-30-31-32-35(26)15-14-20-6-2-1-3-7-20)33-16-18-34(19-17-33)27-29-23-8-4-5-9-24(23)36-27/h1-13,25H,14-19H2. The molecule has 0 bridgehead atoms. The molecular weight excluding hydrogens is 473 g/mol. The van der Waals surface area contributed by atoms with Gasteiger partial charge in [-0.15, -0.1) is 5.10 Å². The van der Waals surface area contributed by atoms with E-state index in [2.05, 4.69) is 55.7 Å². The number of thiazole rings is 1. The van der Waals surface area contributed by atoms with Crippen molar-refractivity contribution in [1.29, 1.82) is 0 Å². The maximum atomic E-state index is 13.8. The average Bonchev–Trinajstić information content (AvgIpc) is 3.57. The Morgan fingerprint density at radius 2 is 1.61 bits per heavy atom. The number of hydrogen-bond acceptors (Lipinski definition) is 7. The lowest BCUT2D eigenvalue weighted by molar-refractivity contribution is 0.200. The Hall–Kier alpha value is -3.69. The second-order valence-corrected chi connectivity index (χ2v) is 9.95. The highest BCUT2D eigenvalue weighted by atomic mass is 32.1. The number of fused-ring (bicyclic) bond motifs is 1. The van der Waals surface area contributed by atoms with Gasteiger partial charge in [-0.1, -0.05) is 65.9 Å². The first kappa shape index (κ1) is 22.8. The quantitative estimate of drug-likeness (QED) is 0.327. The van der Waals surface area contributed by atoms with Crippen molar-refractivity contribution in [2.45, 2.75) is 19.0 Å². The van der Waals surface area contributed by atoms with Gasteiger partial charge in [0.15, 0.2) is 11.0 Å². The van der Waals surface area contributed by atoms with Gasteiger partial charge >= 0.3 is 0 Å². The summed E-state index contributed by atoms with van der Waals surface area (Å²) in [6.45, 7) is 4.02. The van der Waals surface area contributed by atoms with Crippen molar-refractivity contribution in [1.82, 2.24) is 30.1 Å². The Morgan fingerprint density at radius 1 is 0.861 bits per heavy atom. The van der Waals surface area contributed by atoms with Crippen molar-refractivity contribution in [3.63, 3.8) is 0 Å². The molecule has 1 aliphatic heterocycles. The molecule has 0 spiro atoms. The number of rotatable bonds is 7. The van der Waals surface area contributed by atoms with Crippen molar-refractivity contribution in [2.24, 2.45) is 0 Å². The zero-order chi connectivity index (χ0) is 24.3. The van der Waals surface area contributed by atoms with Crippen LogP contribution in [-0.2, 0) is 13.0 Å². The molecule has 3 heterocycles. The second kappa shape index (κ2) is 10.1. The van der Waals surface area contributed by atoms with Crippen LogP contribution < -0.4 is 4.90 Å². The van der Waals surface area contributed by atoms with Crippen LogP contribution in [0.3, 0.4) is 0 Å². The van der Waals surface area contributed by atoms with Crippen LogP contribution in [-0.4, -0.2) is 56.3 Å². The van der Waals surface area contributed by atoms with Crippen molar-refractivity contribution >= 4 is 26.7 Å². The van der Waals surface area contributed by atoms with Crippen molar-refractivity contribution < 1.29 is 4.39 Å². The SMILES string of the molecule is Fc1ccc(C(c2nnnn2CCc2ccccc2)N2CCN(c3nc4ccccc4s3)CC2)cc1. The van der Waals surface area contributed by atoms with E-state index in [1.54, 1.807) is 11.3 Å². The summed E-state index contributed by atoms with van der Waals surface area (Å²) in [5.41, 5.74) is 3.27. The summed E-state index contributed by atoms with van der Waals surface area (Å²) in [5, 5.41) is 13.8. The van der Waals surface area contributed by atoms with Gasteiger partial charge in [-0.25, -0.2) is 14.1 Å². The number of aryl methyl sites for hydroxylation is 2. The first-order valence-electron chi connectivity index (χ1n) is 12.1. The van der Waals surface area contributed by atoms with E-state index in [0.29, 0.717) is 6.54 Å². The molecule has 0 radical (unpaired) electrons. The second-order valence-electron chi connectivity index (χ2n) is 8.94. The Balaban J connectivity index is 1.24. The fraction of sp³-hybridized carbons (Fsp3) is 0.259. The number of halogens is 1. The predicted molar refractivity (Wildman–Crippen MR) is 140 cm³/mol. The molecule has 182 valence electrons. The van der Waals surface area contributed by atoms with Gasteiger partial charge in [-0.3, -0.25) is 4.90 Å². The van der Waals surface area contributed by atoms with E-state index in [9.17, 15) is 4.39 Å². The molecule has 0 amide bonds.